The van der Waals surface area contributed by atoms with E-state index in [4.69, 9.17) is 5.26 Å². The minimum absolute atomic E-state index is 0.0538. The molecule has 1 heterocycles. The molecule has 2 unspecified atom stereocenters. The third-order valence-electron chi connectivity index (χ3n) is 3.69. The van der Waals surface area contributed by atoms with Gasteiger partial charge >= 0.3 is 0 Å². The molecule has 0 spiro atoms. The first-order valence-corrected chi connectivity index (χ1v) is 8.12. The molecule has 1 aliphatic heterocycles. The van der Waals surface area contributed by atoms with Crippen molar-refractivity contribution in [2.24, 2.45) is 5.92 Å². The highest BCUT2D eigenvalue weighted by atomic mass is 32.2. The van der Waals surface area contributed by atoms with E-state index in [1.54, 1.807) is 12.1 Å². The Morgan fingerprint density at radius 3 is 2.85 bits per heavy atom. The van der Waals surface area contributed by atoms with Crippen LogP contribution in [-0.2, 0) is 10.0 Å². The maximum absolute atomic E-state index is 12.4. The summed E-state index contributed by atoms with van der Waals surface area (Å²) in [7, 11) is -1.52. The second kappa shape index (κ2) is 5.92. The summed E-state index contributed by atoms with van der Waals surface area (Å²) in [5, 5.41) is 8.85. The lowest BCUT2D eigenvalue weighted by atomic mass is 9.95. The van der Waals surface area contributed by atoms with Crippen LogP contribution in [0.2, 0.25) is 0 Å². The van der Waals surface area contributed by atoms with Crippen molar-refractivity contribution in [3.63, 3.8) is 0 Å². The summed E-state index contributed by atoms with van der Waals surface area (Å²) in [5.74, 6) is 0.266. The minimum Gasteiger partial charge on any atom is -0.306 e. The van der Waals surface area contributed by atoms with Crippen LogP contribution in [-0.4, -0.2) is 39.5 Å². The van der Waals surface area contributed by atoms with E-state index in [2.05, 4.69) is 16.5 Å². The fourth-order valence-corrected chi connectivity index (χ4v) is 3.95. The summed E-state index contributed by atoms with van der Waals surface area (Å²) in [5.41, 5.74) is 0.351. The van der Waals surface area contributed by atoms with E-state index in [1.165, 1.54) is 12.1 Å². The summed E-state index contributed by atoms with van der Waals surface area (Å²) in [4.78, 5) is 2.36. The highest BCUT2D eigenvalue weighted by molar-refractivity contribution is 7.89. The molecule has 0 radical (unpaired) electrons. The average Bonchev–Trinajstić information content (AvgIpc) is 2.42. The van der Waals surface area contributed by atoms with Gasteiger partial charge in [-0.25, -0.2) is 13.1 Å². The van der Waals surface area contributed by atoms with E-state index >= 15 is 0 Å². The van der Waals surface area contributed by atoms with E-state index in [-0.39, 0.29) is 16.9 Å². The molecule has 0 aliphatic carbocycles. The van der Waals surface area contributed by atoms with Crippen molar-refractivity contribution < 1.29 is 8.42 Å². The third-order valence-corrected chi connectivity index (χ3v) is 5.18. The molecule has 1 saturated heterocycles. The van der Waals surface area contributed by atoms with Gasteiger partial charge in [0.15, 0.2) is 0 Å². The first-order valence-electron chi connectivity index (χ1n) is 6.63. The molecule has 1 aromatic rings. The molecule has 0 aromatic heterocycles. The van der Waals surface area contributed by atoms with Crippen LogP contribution in [0.1, 0.15) is 18.9 Å². The van der Waals surface area contributed by atoms with Crippen molar-refractivity contribution in [2.45, 2.75) is 24.3 Å². The average molecular weight is 293 g/mol. The van der Waals surface area contributed by atoms with Crippen LogP contribution in [0.4, 0.5) is 0 Å². The van der Waals surface area contributed by atoms with E-state index < -0.39 is 10.0 Å². The van der Waals surface area contributed by atoms with Gasteiger partial charge in [0, 0.05) is 12.6 Å². The zero-order valence-corrected chi connectivity index (χ0v) is 12.5. The number of nitriles is 1. The van der Waals surface area contributed by atoms with Gasteiger partial charge < -0.3 is 4.90 Å². The van der Waals surface area contributed by atoms with Gasteiger partial charge in [0.05, 0.1) is 16.5 Å². The Morgan fingerprint density at radius 2 is 2.20 bits per heavy atom. The van der Waals surface area contributed by atoms with Gasteiger partial charge in [0.25, 0.3) is 0 Å². The van der Waals surface area contributed by atoms with E-state index in [0.717, 1.165) is 19.5 Å². The Morgan fingerprint density at radius 1 is 1.45 bits per heavy atom. The monoisotopic (exact) mass is 293 g/mol. The smallest absolute Gasteiger partial charge is 0.240 e. The quantitative estimate of drug-likeness (QED) is 0.908. The topological polar surface area (TPSA) is 73.2 Å². The summed E-state index contributed by atoms with van der Waals surface area (Å²) in [6, 6.07) is 8.01. The Kier molecular flexibility index (Phi) is 4.43. The zero-order chi connectivity index (χ0) is 14.8. The predicted octanol–water partition coefficient (Wildman–Crippen LogP) is 1.18. The van der Waals surface area contributed by atoms with Gasteiger partial charge in [0.1, 0.15) is 0 Å². The summed E-state index contributed by atoms with van der Waals surface area (Å²) < 4.78 is 27.5. The molecule has 0 bridgehead atoms. The highest BCUT2D eigenvalue weighted by Gasteiger charge is 2.28. The molecule has 1 N–H and O–H groups in total. The standard InChI is InChI=1S/C14H19N3O2S/c1-11-10-17(2)7-6-14(11)16-20(18,19)13-5-3-4-12(8-13)9-15/h3-5,8,11,14,16H,6-7,10H2,1-2H3. The van der Waals surface area contributed by atoms with Crippen LogP contribution in [0.15, 0.2) is 29.2 Å². The van der Waals surface area contributed by atoms with Crippen LogP contribution in [0.25, 0.3) is 0 Å². The van der Waals surface area contributed by atoms with Gasteiger partial charge in [-0.05, 0) is 44.1 Å². The van der Waals surface area contributed by atoms with Crippen molar-refractivity contribution >= 4 is 10.0 Å². The SMILES string of the molecule is CC1CN(C)CCC1NS(=O)(=O)c1cccc(C#N)c1. The van der Waals surface area contributed by atoms with Crippen molar-refractivity contribution in [3.05, 3.63) is 29.8 Å². The maximum Gasteiger partial charge on any atom is 0.240 e. The Balaban J connectivity index is 2.17. The van der Waals surface area contributed by atoms with Gasteiger partial charge in [0.2, 0.25) is 10.0 Å². The van der Waals surface area contributed by atoms with Crippen molar-refractivity contribution in [1.82, 2.24) is 9.62 Å². The Labute approximate surface area is 120 Å². The molecule has 1 fully saturated rings. The van der Waals surface area contributed by atoms with Gasteiger partial charge in [-0.1, -0.05) is 13.0 Å². The number of nitrogens with one attached hydrogen (secondary N) is 1. The molecule has 2 atom stereocenters. The second-order valence-corrected chi connectivity index (χ2v) is 7.11. The molecule has 0 saturated carbocycles. The molecular weight excluding hydrogens is 274 g/mol. The van der Waals surface area contributed by atoms with Crippen molar-refractivity contribution in [2.75, 3.05) is 20.1 Å². The van der Waals surface area contributed by atoms with E-state index in [0.29, 0.717) is 5.56 Å². The van der Waals surface area contributed by atoms with Gasteiger partial charge in [-0.15, -0.1) is 0 Å². The van der Waals surface area contributed by atoms with Crippen LogP contribution >= 0.6 is 0 Å². The minimum atomic E-state index is -3.56. The molecule has 108 valence electrons. The Hall–Kier alpha value is -1.42. The molecule has 6 heteroatoms. The fraction of sp³-hybridized carbons (Fsp3) is 0.500. The summed E-state index contributed by atoms with van der Waals surface area (Å²) in [6.07, 6.45) is 0.800. The summed E-state index contributed by atoms with van der Waals surface area (Å²) >= 11 is 0. The number of nitrogens with zero attached hydrogens (tertiary/aromatic N) is 2. The molecule has 5 nitrogen and oxygen atoms in total. The number of benzene rings is 1. The third kappa shape index (κ3) is 3.37. The second-order valence-electron chi connectivity index (χ2n) is 5.40. The normalized spacial score (nSPS) is 24.2. The lowest BCUT2D eigenvalue weighted by molar-refractivity contribution is 0.188. The molecule has 1 aromatic carbocycles. The lowest BCUT2D eigenvalue weighted by Crippen LogP contribution is -2.48. The van der Waals surface area contributed by atoms with Crippen molar-refractivity contribution in [3.8, 4) is 6.07 Å². The van der Waals surface area contributed by atoms with Gasteiger partial charge in [-0.3, -0.25) is 0 Å². The number of piperidine rings is 1. The van der Waals surface area contributed by atoms with E-state index in [1.807, 2.05) is 13.1 Å². The molecule has 1 aliphatic rings. The summed E-state index contributed by atoms with van der Waals surface area (Å²) in [6.45, 7) is 3.82. The lowest BCUT2D eigenvalue weighted by Gasteiger charge is -2.34. The van der Waals surface area contributed by atoms with Gasteiger partial charge in [-0.2, -0.15) is 5.26 Å². The largest absolute Gasteiger partial charge is 0.306 e. The van der Waals surface area contributed by atoms with Crippen molar-refractivity contribution in [1.29, 1.82) is 5.26 Å². The zero-order valence-electron chi connectivity index (χ0n) is 11.7. The number of likely N-dealkylation sites (tertiary alicyclic amines) is 1. The van der Waals surface area contributed by atoms with Crippen LogP contribution in [0.5, 0.6) is 0 Å². The first-order chi connectivity index (χ1) is 9.42. The number of hydrogen-bond acceptors (Lipinski definition) is 4. The van der Waals surface area contributed by atoms with Crippen LogP contribution < -0.4 is 4.72 Å². The highest BCUT2D eigenvalue weighted by Crippen LogP contribution is 2.19. The van der Waals surface area contributed by atoms with Crippen LogP contribution in [0.3, 0.4) is 0 Å². The number of hydrogen-bond donors (Lipinski definition) is 1. The molecule has 2 rings (SSSR count). The molecule has 0 amide bonds. The van der Waals surface area contributed by atoms with Crippen LogP contribution in [0, 0.1) is 17.2 Å². The predicted molar refractivity (Wildman–Crippen MR) is 76.5 cm³/mol. The number of sulfonamides is 1. The molecular formula is C14H19N3O2S. The number of rotatable bonds is 3. The maximum atomic E-state index is 12.4. The fourth-order valence-electron chi connectivity index (χ4n) is 2.53. The first kappa shape index (κ1) is 15.0. The van der Waals surface area contributed by atoms with E-state index in [9.17, 15) is 8.42 Å². The molecule has 20 heavy (non-hydrogen) atoms. The Bertz CT molecular complexity index is 622.